The maximum atomic E-state index is 12.7. The van der Waals surface area contributed by atoms with Crippen LogP contribution in [0.15, 0.2) is 40.6 Å². The zero-order valence-electron chi connectivity index (χ0n) is 19.4. The Morgan fingerprint density at radius 2 is 1.66 bits per heavy atom. The fourth-order valence-electron chi connectivity index (χ4n) is 3.12. The van der Waals surface area contributed by atoms with E-state index in [0.717, 1.165) is 16.3 Å². The molecule has 0 bridgehead atoms. The number of benzene rings is 1. The molecule has 3 N–H and O–H groups in total. The minimum atomic E-state index is -3.83. The van der Waals surface area contributed by atoms with Crippen molar-refractivity contribution in [3.8, 4) is 10.6 Å². The van der Waals surface area contributed by atoms with Crippen LogP contribution in [0.3, 0.4) is 0 Å². The number of hydrogen-bond acceptors (Lipinski definition) is 10. The Hall–Kier alpha value is -3.42. The summed E-state index contributed by atoms with van der Waals surface area (Å²) < 4.78 is 27.9. The van der Waals surface area contributed by atoms with E-state index >= 15 is 0 Å². The van der Waals surface area contributed by atoms with E-state index in [-0.39, 0.29) is 16.8 Å². The highest BCUT2D eigenvalue weighted by molar-refractivity contribution is 7.92. The summed E-state index contributed by atoms with van der Waals surface area (Å²) in [4.78, 5) is 29.9. The standard InChI is InChI=1S/C22H23N7O3S3/c1-5-18(30)28-22-25-14(4)19(34-22)17-11-33-21(27-17)26-15-6-8-16(9-7-15)35(31,32)29-20-23-12(2)10-13(3)24-20/h6-11H,5H2,1-4H3,(H,26,27)(H,23,24,29)(H,25,28,30). The Morgan fingerprint density at radius 3 is 2.31 bits per heavy atom. The minimum absolute atomic E-state index is 0.0378. The first-order valence-corrected chi connectivity index (χ1v) is 13.8. The predicted molar refractivity (Wildman–Crippen MR) is 139 cm³/mol. The Kier molecular flexibility index (Phi) is 7.10. The number of carbonyl (C=O) groups excluding carboxylic acids is 1. The van der Waals surface area contributed by atoms with Gasteiger partial charge in [0.2, 0.25) is 11.9 Å². The van der Waals surface area contributed by atoms with Crippen LogP contribution in [0.5, 0.6) is 0 Å². The van der Waals surface area contributed by atoms with Crippen LogP contribution in [0.2, 0.25) is 0 Å². The number of thiazole rings is 2. The molecule has 35 heavy (non-hydrogen) atoms. The summed E-state index contributed by atoms with van der Waals surface area (Å²) in [7, 11) is -3.83. The molecule has 182 valence electrons. The lowest BCUT2D eigenvalue weighted by atomic mass is 10.3. The van der Waals surface area contributed by atoms with E-state index in [1.54, 1.807) is 39.0 Å². The lowest BCUT2D eigenvalue weighted by molar-refractivity contribution is -0.115. The van der Waals surface area contributed by atoms with Crippen LogP contribution in [0.4, 0.5) is 21.9 Å². The summed E-state index contributed by atoms with van der Waals surface area (Å²) in [5.74, 6) is -0.0519. The van der Waals surface area contributed by atoms with Crippen molar-refractivity contribution in [3.63, 3.8) is 0 Å². The number of nitrogens with zero attached hydrogens (tertiary/aromatic N) is 4. The summed E-state index contributed by atoms with van der Waals surface area (Å²) in [6, 6.07) is 8.08. The zero-order valence-corrected chi connectivity index (χ0v) is 21.9. The molecule has 4 rings (SSSR count). The van der Waals surface area contributed by atoms with Gasteiger partial charge in [-0.15, -0.1) is 11.3 Å². The molecule has 10 nitrogen and oxygen atoms in total. The summed E-state index contributed by atoms with van der Waals surface area (Å²) in [6.45, 7) is 7.20. The molecule has 0 saturated heterocycles. The molecule has 0 saturated carbocycles. The number of aryl methyl sites for hydroxylation is 3. The highest BCUT2D eigenvalue weighted by Crippen LogP contribution is 2.35. The van der Waals surface area contributed by atoms with Crippen molar-refractivity contribution in [3.05, 3.63) is 52.8 Å². The van der Waals surface area contributed by atoms with Crippen molar-refractivity contribution in [2.24, 2.45) is 0 Å². The number of hydrogen-bond donors (Lipinski definition) is 3. The minimum Gasteiger partial charge on any atom is -0.332 e. The molecule has 0 aliphatic carbocycles. The van der Waals surface area contributed by atoms with Crippen LogP contribution in [0, 0.1) is 20.8 Å². The molecule has 0 aliphatic heterocycles. The van der Waals surface area contributed by atoms with Crippen molar-refractivity contribution in [1.82, 2.24) is 19.9 Å². The molecular formula is C22H23N7O3S3. The number of amides is 1. The first-order chi connectivity index (χ1) is 16.6. The van der Waals surface area contributed by atoms with Gasteiger partial charge in [0.1, 0.15) is 0 Å². The summed E-state index contributed by atoms with van der Waals surface area (Å²) in [6.07, 6.45) is 0.383. The Bertz CT molecular complexity index is 1460. The van der Waals surface area contributed by atoms with Gasteiger partial charge in [0.15, 0.2) is 10.3 Å². The molecular weight excluding hydrogens is 506 g/mol. The average molecular weight is 530 g/mol. The lowest BCUT2D eigenvalue weighted by Gasteiger charge is -2.09. The second-order valence-corrected chi connectivity index (χ2v) is 11.1. The first kappa shape index (κ1) is 24.7. The topological polar surface area (TPSA) is 139 Å². The van der Waals surface area contributed by atoms with Crippen molar-refractivity contribution in [1.29, 1.82) is 0 Å². The molecule has 1 aromatic carbocycles. The molecule has 0 unspecified atom stereocenters. The molecule has 1 amide bonds. The van der Waals surface area contributed by atoms with Crippen LogP contribution in [0.25, 0.3) is 10.6 Å². The second kappa shape index (κ2) is 10.1. The van der Waals surface area contributed by atoms with Crippen molar-refractivity contribution >= 4 is 60.5 Å². The van der Waals surface area contributed by atoms with Crippen LogP contribution in [-0.2, 0) is 14.8 Å². The molecule has 13 heteroatoms. The molecule has 0 radical (unpaired) electrons. The van der Waals surface area contributed by atoms with Crippen molar-refractivity contribution < 1.29 is 13.2 Å². The number of aromatic nitrogens is 4. The maximum Gasteiger partial charge on any atom is 0.264 e. The number of rotatable bonds is 8. The van der Waals surface area contributed by atoms with Gasteiger partial charge in [0.05, 0.1) is 21.2 Å². The normalized spacial score (nSPS) is 11.3. The van der Waals surface area contributed by atoms with E-state index < -0.39 is 10.0 Å². The molecule has 4 aromatic rings. The van der Waals surface area contributed by atoms with E-state index in [9.17, 15) is 13.2 Å². The maximum absolute atomic E-state index is 12.7. The summed E-state index contributed by atoms with van der Waals surface area (Å²) in [5, 5.41) is 9.05. The zero-order chi connectivity index (χ0) is 25.2. The van der Waals surface area contributed by atoms with E-state index in [2.05, 4.69) is 35.3 Å². The second-order valence-electron chi connectivity index (χ2n) is 7.60. The molecule has 3 heterocycles. The summed E-state index contributed by atoms with van der Waals surface area (Å²) in [5.41, 5.74) is 3.57. The molecule has 0 spiro atoms. The van der Waals surface area contributed by atoms with Crippen LogP contribution in [0.1, 0.15) is 30.4 Å². The van der Waals surface area contributed by atoms with Gasteiger partial charge in [-0.2, -0.15) is 0 Å². The van der Waals surface area contributed by atoms with E-state index in [4.69, 9.17) is 0 Å². The average Bonchev–Trinajstić information content (AvgIpc) is 3.39. The fraction of sp³-hybridized carbons (Fsp3) is 0.227. The van der Waals surface area contributed by atoms with E-state index in [1.165, 1.54) is 34.8 Å². The van der Waals surface area contributed by atoms with Crippen molar-refractivity contribution in [2.45, 2.75) is 39.0 Å². The highest BCUT2D eigenvalue weighted by atomic mass is 32.2. The third kappa shape index (κ3) is 5.99. The molecule has 3 aromatic heterocycles. The van der Waals surface area contributed by atoms with Gasteiger partial charge >= 0.3 is 0 Å². The number of nitrogens with one attached hydrogen (secondary N) is 3. The molecule has 0 aliphatic rings. The van der Waals surface area contributed by atoms with Crippen LogP contribution >= 0.6 is 22.7 Å². The largest absolute Gasteiger partial charge is 0.332 e. The number of sulfonamides is 1. The van der Waals surface area contributed by atoms with Gasteiger partial charge in [-0.3, -0.25) is 4.79 Å². The van der Waals surface area contributed by atoms with Crippen LogP contribution in [-0.4, -0.2) is 34.3 Å². The number of anilines is 4. The van der Waals surface area contributed by atoms with Gasteiger partial charge in [-0.1, -0.05) is 18.3 Å². The SMILES string of the molecule is CCC(=O)Nc1nc(C)c(-c2csc(Nc3ccc(S(=O)(=O)Nc4nc(C)cc(C)n4)cc3)n2)s1. The van der Waals surface area contributed by atoms with Crippen LogP contribution < -0.4 is 15.4 Å². The monoisotopic (exact) mass is 529 g/mol. The van der Waals surface area contributed by atoms with Gasteiger partial charge in [-0.25, -0.2) is 33.1 Å². The third-order valence-corrected chi connectivity index (χ3v) is 7.92. The van der Waals surface area contributed by atoms with Crippen molar-refractivity contribution in [2.75, 3.05) is 15.4 Å². The van der Waals surface area contributed by atoms with Gasteiger partial charge in [-0.05, 0) is 51.1 Å². The highest BCUT2D eigenvalue weighted by Gasteiger charge is 2.17. The Labute approximate surface area is 211 Å². The van der Waals surface area contributed by atoms with Gasteiger partial charge in [0.25, 0.3) is 10.0 Å². The van der Waals surface area contributed by atoms with E-state index in [0.29, 0.717) is 33.8 Å². The predicted octanol–water partition coefficient (Wildman–Crippen LogP) is 4.87. The van der Waals surface area contributed by atoms with E-state index in [1.807, 2.05) is 12.3 Å². The fourth-order valence-corrected chi connectivity index (χ4v) is 5.81. The smallest absolute Gasteiger partial charge is 0.264 e. The lowest BCUT2D eigenvalue weighted by Crippen LogP contribution is -2.15. The molecule has 0 fully saturated rings. The Balaban J connectivity index is 1.46. The quantitative estimate of drug-likeness (QED) is 0.294. The summed E-state index contributed by atoms with van der Waals surface area (Å²) >= 11 is 2.78. The van der Waals surface area contributed by atoms with Gasteiger partial charge < -0.3 is 10.6 Å². The van der Waals surface area contributed by atoms with Gasteiger partial charge in [0, 0.05) is 28.9 Å². The first-order valence-electron chi connectivity index (χ1n) is 10.6. The Morgan fingerprint density at radius 1 is 0.971 bits per heavy atom. The number of carbonyl (C=O) groups is 1. The third-order valence-electron chi connectivity index (χ3n) is 4.72. The molecule has 0 atom stereocenters.